The van der Waals surface area contributed by atoms with Gasteiger partial charge < -0.3 is 4.42 Å². The van der Waals surface area contributed by atoms with Crippen LogP contribution in [0.3, 0.4) is 0 Å². The Bertz CT molecular complexity index is 1100. The summed E-state index contributed by atoms with van der Waals surface area (Å²) in [5, 5.41) is 10.1. The molecule has 0 saturated heterocycles. The van der Waals surface area contributed by atoms with Gasteiger partial charge in [0.05, 0.1) is 11.9 Å². The van der Waals surface area contributed by atoms with E-state index in [1.165, 1.54) is 23.9 Å². The van der Waals surface area contributed by atoms with Gasteiger partial charge >= 0.3 is 0 Å². The van der Waals surface area contributed by atoms with Gasteiger partial charge in [0.1, 0.15) is 5.82 Å². The van der Waals surface area contributed by atoms with Crippen molar-refractivity contribution < 1.29 is 8.81 Å². The molecule has 0 spiro atoms. The van der Waals surface area contributed by atoms with Crippen LogP contribution in [0.15, 0.2) is 70.3 Å². The number of rotatable bonds is 6. The highest BCUT2D eigenvalue weighted by Crippen LogP contribution is 2.32. The van der Waals surface area contributed by atoms with E-state index in [-0.39, 0.29) is 17.0 Å². The van der Waals surface area contributed by atoms with Crippen molar-refractivity contribution >= 4 is 22.7 Å². The van der Waals surface area contributed by atoms with Crippen LogP contribution in [0.1, 0.15) is 36.9 Å². The smallest absolute Gasteiger partial charge is 0.276 e. The molecule has 4 rings (SSSR count). The normalized spacial score (nSPS) is 13.5. The van der Waals surface area contributed by atoms with E-state index in [9.17, 15) is 4.39 Å². The first-order chi connectivity index (χ1) is 13.6. The minimum absolute atomic E-state index is 0.205. The van der Waals surface area contributed by atoms with Crippen LogP contribution in [-0.2, 0) is 6.42 Å². The molecule has 0 fully saturated rings. The zero-order chi connectivity index (χ0) is 19.5. The van der Waals surface area contributed by atoms with E-state index < -0.39 is 0 Å². The Morgan fingerprint density at radius 3 is 2.71 bits per heavy atom. The average molecular weight is 393 g/mol. The van der Waals surface area contributed by atoms with Crippen molar-refractivity contribution in [2.75, 3.05) is 0 Å². The predicted molar refractivity (Wildman–Crippen MR) is 109 cm³/mol. The van der Waals surface area contributed by atoms with Gasteiger partial charge in [-0.1, -0.05) is 62.0 Å². The van der Waals surface area contributed by atoms with E-state index in [1.807, 2.05) is 24.3 Å². The monoisotopic (exact) mass is 393 g/mol. The quantitative estimate of drug-likeness (QED) is 0.397. The highest BCUT2D eigenvalue weighted by atomic mass is 32.2. The van der Waals surface area contributed by atoms with Crippen molar-refractivity contribution in [3.05, 3.63) is 83.6 Å². The third-order valence-corrected chi connectivity index (χ3v) is 5.92. The largest absolute Gasteiger partial charge is 0.416 e. The number of pyridine rings is 1. The SMILES string of the molecule is C[C@H](c1ccc2ccccc2n1)[C@@H](C)Sc1nnc(Cc2cccc(F)c2)o1. The summed E-state index contributed by atoms with van der Waals surface area (Å²) in [7, 11) is 0. The summed E-state index contributed by atoms with van der Waals surface area (Å²) in [5.41, 5.74) is 2.85. The number of benzene rings is 2. The van der Waals surface area contributed by atoms with Crippen molar-refractivity contribution in [3.63, 3.8) is 0 Å². The van der Waals surface area contributed by atoms with Gasteiger partial charge in [0.2, 0.25) is 5.89 Å². The molecule has 2 aromatic heterocycles. The highest BCUT2D eigenvalue weighted by Gasteiger charge is 2.20. The second kappa shape index (κ2) is 8.10. The summed E-state index contributed by atoms with van der Waals surface area (Å²) in [4.78, 5) is 4.79. The number of thioether (sulfide) groups is 1. The van der Waals surface area contributed by atoms with Gasteiger partial charge in [-0.05, 0) is 29.8 Å². The maximum atomic E-state index is 13.3. The Hall–Kier alpha value is -2.73. The molecule has 2 atom stereocenters. The van der Waals surface area contributed by atoms with Crippen LogP contribution >= 0.6 is 11.8 Å². The van der Waals surface area contributed by atoms with E-state index in [0.29, 0.717) is 17.5 Å². The molecule has 0 aliphatic carbocycles. The molecule has 0 unspecified atom stereocenters. The van der Waals surface area contributed by atoms with E-state index in [4.69, 9.17) is 9.40 Å². The molecule has 0 saturated carbocycles. The minimum atomic E-state index is -0.267. The van der Waals surface area contributed by atoms with Gasteiger partial charge in [-0.3, -0.25) is 4.98 Å². The molecular weight excluding hydrogens is 373 g/mol. The molecule has 0 amide bonds. The number of hydrogen-bond acceptors (Lipinski definition) is 5. The predicted octanol–water partition coefficient (Wildman–Crippen LogP) is 5.63. The molecule has 0 aliphatic rings. The number of hydrogen-bond donors (Lipinski definition) is 0. The van der Waals surface area contributed by atoms with Gasteiger partial charge in [0, 0.05) is 22.2 Å². The number of halogens is 1. The summed E-state index contributed by atoms with van der Waals surface area (Å²) < 4.78 is 19.1. The van der Waals surface area contributed by atoms with Crippen LogP contribution in [-0.4, -0.2) is 20.4 Å². The summed E-state index contributed by atoms with van der Waals surface area (Å²) >= 11 is 1.53. The highest BCUT2D eigenvalue weighted by molar-refractivity contribution is 7.99. The van der Waals surface area contributed by atoms with E-state index in [2.05, 4.69) is 42.2 Å². The lowest BCUT2D eigenvalue weighted by molar-refractivity contribution is 0.419. The first kappa shape index (κ1) is 18.6. The standard InChI is InChI=1S/C22H20FN3OS/c1-14(19-11-10-17-7-3-4-9-20(17)24-19)15(2)28-22-26-25-21(27-22)13-16-6-5-8-18(23)12-16/h3-12,14-15H,13H2,1-2H3/t14-,15+/m0/s1. The molecule has 4 aromatic rings. The Labute approximate surface area is 167 Å². The van der Waals surface area contributed by atoms with Gasteiger partial charge in [0.15, 0.2) is 0 Å². The van der Waals surface area contributed by atoms with Crippen molar-refractivity contribution in [2.45, 2.75) is 36.7 Å². The molecule has 4 nitrogen and oxygen atoms in total. The lowest BCUT2D eigenvalue weighted by Crippen LogP contribution is -2.10. The first-order valence-electron chi connectivity index (χ1n) is 9.17. The van der Waals surface area contributed by atoms with Crippen molar-refractivity contribution in [1.82, 2.24) is 15.2 Å². The van der Waals surface area contributed by atoms with E-state index in [0.717, 1.165) is 22.2 Å². The molecule has 6 heteroatoms. The number of para-hydroxylation sites is 1. The molecule has 142 valence electrons. The third-order valence-electron chi connectivity index (χ3n) is 4.77. The molecule has 0 bridgehead atoms. The first-order valence-corrected chi connectivity index (χ1v) is 10.1. The van der Waals surface area contributed by atoms with Crippen LogP contribution in [0.2, 0.25) is 0 Å². The summed E-state index contributed by atoms with van der Waals surface area (Å²) in [6.45, 7) is 4.28. The lowest BCUT2D eigenvalue weighted by atomic mass is 10.0. The Morgan fingerprint density at radius 1 is 1.00 bits per heavy atom. The molecule has 2 heterocycles. The topological polar surface area (TPSA) is 51.8 Å². The Balaban J connectivity index is 1.44. The summed E-state index contributed by atoms with van der Waals surface area (Å²) in [6.07, 6.45) is 0.418. The van der Waals surface area contributed by atoms with Crippen LogP contribution in [0.25, 0.3) is 10.9 Å². The van der Waals surface area contributed by atoms with E-state index >= 15 is 0 Å². The molecule has 0 radical (unpaired) electrons. The second-order valence-corrected chi connectivity index (χ2v) is 8.14. The second-order valence-electron chi connectivity index (χ2n) is 6.81. The Kier molecular flexibility index (Phi) is 5.39. The Morgan fingerprint density at radius 2 is 1.86 bits per heavy atom. The maximum Gasteiger partial charge on any atom is 0.276 e. The molecule has 28 heavy (non-hydrogen) atoms. The van der Waals surface area contributed by atoms with E-state index in [1.54, 1.807) is 6.07 Å². The van der Waals surface area contributed by atoms with Crippen molar-refractivity contribution in [2.24, 2.45) is 0 Å². The van der Waals surface area contributed by atoms with Gasteiger partial charge in [-0.15, -0.1) is 10.2 Å². The molecule has 0 N–H and O–H groups in total. The fourth-order valence-electron chi connectivity index (χ4n) is 3.02. The zero-order valence-electron chi connectivity index (χ0n) is 15.7. The molecule has 2 aromatic carbocycles. The summed E-state index contributed by atoms with van der Waals surface area (Å²) in [5.74, 6) is 0.432. The average Bonchev–Trinajstić information content (AvgIpc) is 3.13. The van der Waals surface area contributed by atoms with Crippen LogP contribution < -0.4 is 0 Å². The van der Waals surface area contributed by atoms with Crippen molar-refractivity contribution in [3.8, 4) is 0 Å². The minimum Gasteiger partial charge on any atom is -0.416 e. The van der Waals surface area contributed by atoms with Crippen molar-refractivity contribution in [1.29, 1.82) is 0 Å². The van der Waals surface area contributed by atoms with Gasteiger partial charge in [0.25, 0.3) is 5.22 Å². The lowest BCUT2D eigenvalue weighted by Gasteiger charge is -2.17. The summed E-state index contributed by atoms with van der Waals surface area (Å²) in [6, 6.07) is 18.7. The van der Waals surface area contributed by atoms with Crippen LogP contribution in [0, 0.1) is 5.82 Å². The van der Waals surface area contributed by atoms with Crippen LogP contribution in [0.4, 0.5) is 4.39 Å². The van der Waals surface area contributed by atoms with Gasteiger partial charge in [-0.25, -0.2) is 4.39 Å². The number of nitrogens with zero attached hydrogens (tertiary/aromatic N) is 3. The fraction of sp³-hybridized carbons (Fsp3) is 0.227. The number of aromatic nitrogens is 3. The maximum absolute atomic E-state index is 13.3. The van der Waals surface area contributed by atoms with Crippen LogP contribution in [0.5, 0.6) is 0 Å². The fourth-order valence-corrected chi connectivity index (χ4v) is 3.91. The third kappa shape index (κ3) is 4.22. The molecule has 0 aliphatic heterocycles. The zero-order valence-corrected chi connectivity index (χ0v) is 16.5. The number of fused-ring (bicyclic) bond motifs is 1. The molecular formula is C22H20FN3OS. The van der Waals surface area contributed by atoms with Gasteiger partial charge in [-0.2, -0.15) is 0 Å².